The number of nitrogens with zero attached hydrogens (tertiary/aromatic N) is 3. The first kappa shape index (κ1) is 22.2. The number of carbonyl (C=O) groups excluding carboxylic acids is 1. The summed E-state index contributed by atoms with van der Waals surface area (Å²) in [5, 5.41) is 7.26. The zero-order chi connectivity index (χ0) is 16.1. The number of ether oxygens (including phenoxy) is 1. The number of hydrogen-bond acceptors (Lipinski definition) is 5. The molecular formula is C16H29Cl2N5O2. The molecule has 0 spiro atoms. The van der Waals surface area contributed by atoms with Crippen molar-refractivity contribution in [3.63, 3.8) is 0 Å². The molecule has 1 aliphatic heterocycles. The van der Waals surface area contributed by atoms with Crippen LogP contribution >= 0.6 is 24.8 Å². The van der Waals surface area contributed by atoms with Gasteiger partial charge in [-0.25, -0.2) is 0 Å². The van der Waals surface area contributed by atoms with E-state index < -0.39 is 0 Å². The lowest BCUT2D eigenvalue weighted by Crippen LogP contribution is -2.38. The third kappa shape index (κ3) is 6.75. The number of nitrogens with one attached hydrogen (secondary N) is 1. The lowest BCUT2D eigenvalue weighted by atomic mass is 10.00. The minimum Gasteiger partial charge on any atom is -0.379 e. The van der Waals surface area contributed by atoms with Crippen LogP contribution in [0.3, 0.4) is 0 Å². The highest BCUT2D eigenvalue weighted by atomic mass is 35.5. The van der Waals surface area contributed by atoms with Gasteiger partial charge in [-0.1, -0.05) is 6.42 Å². The molecule has 1 saturated heterocycles. The van der Waals surface area contributed by atoms with Crippen molar-refractivity contribution in [2.45, 2.75) is 38.3 Å². The van der Waals surface area contributed by atoms with Crippen LogP contribution < -0.4 is 11.1 Å². The normalized spacial score (nSPS) is 23.6. The van der Waals surface area contributed by atoms with E-state index in [4.69, 9.17) is 10.5 Å². The van der Waals surface area contributed by atoms with Gasteiger partial charge in [0.25, 0.3) is 0 Å². The average molecular weight is 394 g/mol. The number of halogens is 2. The maximum atomic E-state index is 12.1. The van der Waals surface area contributed by atoms with E-state index in [0.29, 0.717) is 12.3 Å². The van der Waals surface area contributed by atoms with Crippen LogP contribution in [0.25, 0.3) is 0 Å². The second kappa shape index (κ2) is 11.0. The number of rotatable bonds is 6. The van der Waals surface area contributed by atoms with Gasteiger partial charge < -0.3 is 15.8 Å². The van der Waals surface area contributed by atoms with E-state index in [1.165, 1.54) is 0 Å². The SMILES string of the molecule is Cl.Cl.N[C@@H]1CCC[C@H]1CC(=O)Nc1cnn(CCN2CCOCC2)c1. The van der Waals surface area contributed by atoms with Crippen molar-refractivity contribution in [2.24, 2.45) is 11.7 Å². The van der Waals surface area contributed by atoms with Crippen LogP contribution in [0.1, 0.15) is 25.7 Å². The summed E-state index contributed by atoms with van der Waals surface area (Å²) in [6.45, 7) is 5.35. The van der Waals surface area contributed by atoms with Crippen LogP contribution in [0.5, 0.6) is 0 Å². The first-order valence-electron chi connectivity index (χ1n) is 8.59. The third-order valence-electron chi connectivity index (χ3n) is 4.83. The van der Waals surface area contributed by atoms with Crippen LogP contribution in [0.2, 0.25) is 0 Å². The van der Waals surface area contributed by atoms with Gasteiger partial charge in [0.05, 0.1) is 31.6 Å². The van der Waals surface area contributed by atoms with Crippen LogP contribution in [0.4, 0.5) is 5.69 Å². The fourth-order valence-electron chi connectivity index (χ4n) is 3.39. The Bertz CT molecular complexity index is 522. The van der Waals surface area contributed by atoms with Gasteiger partial charge in [-0.15, -0.1) is 24.8 Å². The molecule has 2 aliphatic rings. The number of aromatic nitrogens is 2. The minimum atomic E-state index is 0. The summed E-state index contributed by atoms with van der Waals surface area (Å²) >= 11 is 0. The number of morpholine rings is 1. The molecule has 1 saturated carbocycles. The standard InChI is InChI=1S/C16H27N5O2.2ClH/c17-15-3-1-2-13(15)10-16(22)19-14-11-18-21(12-14)5-4-20-6-8-23-9-7-20;;/h11-13,15H,1-10,17H2,(H,19,22);2*1H/t13-,15+;;/m0../s1. The van der Waals surface area contributed by atoms with E-state index in [0.717, 1.165) is 64.3 Å². The molecule has 1 aromatic heterocycles. The van der Waals surface area contributed by atoms with E-state index in [1.54, 1.807) is 6.20 Å². The maximum Gasteiger partial charge on any atom is 0.224 e. The number of anilines is 1. The molecule has 1 amide bonds. The highest BCUT2D eigenvalue weighted by molar-refractivity contribution is 5.90. The van der Waals surface area contributed by atoms with E-state index in [9.17, 15) is 4.79 Å². The van der Waals surface area contributed by atoms with Crippen molar-refractivity contribution < 1.29 is 9.53 Å². The van der Waals surface area contributed by atoms with Crippen LogP contribution in [0.15, 0.2) is 12.4 Å². The molecule has 0 aromatic carbocycles. The predicted octanol–water partition coefficient (Wildman–Crippen LogP) is 1.51. The lowest BCUT2D eigenvalue weighted by Gasteiger charge is -2.26. The fraction of sp³-hybridized carbons (Fsp3) is 0.750. The number of amides is 1. The van der Waals surface area contributed by atoms with E-state index in [-0.39, 0.29) is 36.8 Å². The summed E-state index contributed by atoms with van der Waals surface area (Å²) in [4.78, 5) is 14.5. The third-order valence-corrected chi connectivity index (χ3v) is 4.83. The summed E-state index contributed by atoms with van der Waals surface area (Å²) in [5.41, 5.74) is 6.79. The molecule has 3 N–H and O–H groups in total. The number of carbonyl (C=O) groups is 1. The Hall–Kier alpha value is -0.860. The topological polar surface area (TPSA) is 85.4 Å². The zero-order valence-electron chi connectivity index (χ0n) is 14.4. The fourth-order valence-corrected chi connectivity index (χ4v) is 3.39. The van der Waals surface area contributed by atoms with E-state index in [1.807, 2.05) is 10.9 Å². The van der Waals surface area contributed by atoms with Gasteiger partial charge in [-0.3, -0.25) is 14.4 Å². The average Bonchev–Trinajstić information content (AvgIpc) is 3.16. The Morgan fingerprint density at radius 2 is 2.04 bits per heavy atom. The Morgan fingerprint density at radius 3 is 2.72 bits per heavy atom. The molecule has 0 bridgehead atoms. The van der Waals surface area contributed by atoms with Crippen molar-refractivity contribution in [3.05, 3.63) is 12.4 Å². The summed E-state index contributed by atoms with van der Waals surface area (Å²) in [6, 6.07) is 0.178. The summed E-state index contributed by atoms with van der Waals surface area (Å²) in [5.74, 6) is 0.367. The summed E-state index contributed by atoms with van der Waals surface area (Å²) in [6.07, 6.45) is 7.36. The smallest absolute Gasteiger partial charge is 0.224 e. The van der Waals surface area contributed by atoms with Gasteiger partial charge in [0.2, 0.25) is 5.91 Å². The van der Waals surface area contributed by atoms with Crippen molar-refractivity contribution in [1.82, 2.24) is 14.7 Å². The van der Waals surface area contributed by atoms with Crippen molar-refractivity contribution in [1.29, 1.82) is 0 Å². The molecule has 0 unspecified atom stereocenters. The molecule has 0 radical (unpaired) electrons. The maximum absolute atomic E-state index is 12.1. The van der Waals surface area contributed by atoms with Gasteiger partial charge >= 0.3 is 0 Å². The molecule has 144 valence electrons. The molecule has 7 nitrogen and oxygen atoms in total. The molecule has 1 aromatic rings. The van der Waals surface area contributed by atoms with Crippen LogP contribution in [0, 0.1) is 5.92 Å². The highest BCUT2D eigenvalue weighted by Crippen LogP contribution is 2.27. The second-order valence-corrected chi connectivity index (χ2v) is 6.55. The monoisotopic (exact) mass is 393 g/mol. The highest BCUT2D eigenvalue weighted by Gasteiger charge is 2.26. The summed E-state index contributed by atoms with van der Waals surface area (Å²) in [7, 11) is 0. The van der Waals surface area contributed by atoms with Gasteiger partial charge in [-0.2, -0.15) is 5.10 Å². The molecule has 2 fully saturated rings. The van der Waals surface area contributed by atoms with Gasteiger partial charge in [-0.05, 0) is 18.8 Å². The van der Waals surface area contributed by atoms with Crippen LogP contribution in [-0.2, 0) is 16.1 Å². The van der Waals surface area contributed by atoms with Gasteiger partial charge in [0.1, 0.15) is 0 Å². The molecular weight excluding hydrogens is 365 g/mol. The zero-order valence-corrected chi connectivity index (χ0v) is 16.1. The van der Waals surface area contributed by atoms with Crippen molar-refractivity contribution >= 4 is 36.4 Å². The minimum absolute atomic E-state index is 0. The quantitative estimate of drug-likeness (QED) is 0.764. The van der Waals surface area contributed by atoms with E-state index >= 15 is 0 Å². The Morgan fingerprint density at radius 1 is 1.28 bits per heavy atom. The van der Waals surface area contributed by atoms with Gasteiger partial charge in [0, 0.05) is 38.3 Å². The largest absolute Gasteiger partial charge is 0.379 e. The molecule has 9 heteroatoms. The summed E-state index contributed by atoms with van der Waals surface area (Å²) < 4.78 is 7.22. The Balaban J connectivity index is 0.00000156. The molecule has 25 heavy (non-hydrogen) atoms. The Kier molecular flexibility index (Phi) is 9.74. The number of nitrogens with two attached hydrogens (primary N) is 1. The lowest BCUT2D eigenvalue weighted by molar-refractivity contribution is -0.117. The first-order chi connectivity index (χ1) is 11.2. The molecule has 3 rings (SSSR count). The Labute approximate surface area is 161 Å². The van der Waals surface area contributed by atoms with E-state index in [2.05, 4.69) is 15.3 Å². The predicted molar refractivity (Wildman–Crippen MR) is 103 cm³/mol. The number of hydrogen-bond donors (Lipinski definition) is 2. The van der Waals surface area contributed by atoms with Crippen molar-refractivity contribution in [3.8, 4) is 0 Å². The molecule has 2 atom stereocenters. The van der Waals surface area contributed by atoms with Gasteiger partial charge in [0.15, 0.2) is 0 Å². The molecule has 1 aliphatic carbocycles. The van der Waals surface area contributed by atoms with Crippen molar-refractivity contribution in [2.75, 3.05) is 38.2 Å². The first-order valence-corrected chi connectivity index (χ1v) is 8.59. The second-order valence-electron chi connectivity index (χ2n) is 6.55. The molecule has 2 heterocycles. The van der Waals surface area contributed by atoms with Crippen LogP contribution in [-0.4, -0.2) is 59.5 Å².